The zero-order valence-corrected chi connectivity index (χ0v) is 35.9. The Balaban J connectivity index is 1.04. The molecule has 13 aromatic rings. The standard InChI is InChI=1S/C61H37N3S/c1-4-19-38(20-5-1)54-42-25-10-12-27-44(42)55(45-28-13-11-26-43(45)54)41-35-36-53-52(37-41)50-33-18-34-51(58(50)65-53)56-46-29-14-16-31-48(46)57(49-32-17-15-30-47(49)56)61-63-59(39-21-6-2-7-22-39)62-60(64-61)40-23-8-3-9-24-40/h1-37H. The molecule has 2 heterocycles. The van der Waals surface area contributed by atoms with Gasteiger partial charge in [-0.1, -0.05) is 212 Å². The number of hydrogen-bond donors (Lipinski definition) is 0. The highest BCUT2D eigenvalue weighted by Crippen LogP contribution is 2.49. The van der Waals surface area contributed by atoms with Crippen LogP contribution in [0.3, 0.4) is 0 Å². The topological polar surface area (TPSA) is 38.7 Å². The normalized spacial score (nSPS) is 11.7. The first-order valence-corrected chi connectivity index (χ1v) is 22.8. The molecule has 0 aliphatic heterocycles. The molecule has 0 fully saturated rings. The second-order valence-corrected chi connectivity index (χ2v) is 17.6. The Morgan fingerprint density at radius 1 is 0.246 bits per heavy atom. The fourth-order valence-corrected chi connectivity index (χ4v) is 11.3. The summed E-state index contributed by atoms with van der Waals surface area (Å²) >= 11 is 1.88. The van der Waals surface area contributed by atoms with Gasteiger partial charge in [0.25, 0.3) is 0 Å². The van der Waals surface area contributed by atoms with Crippen LogP contribution in [0.25, 0.3) is 131 Å². The molecule has 0 spiro atoms. The van der Waals surface area contributed by atoms with Crippen LogP contribution in [0.2, 0.25) is 0 Å². The largest absolute Gasteiger partial charge is 0.208 e. The molecule has 0 saturated heterocycles. The Morgan fingerprint density at radius 2 is 0.631 bits per heavy atom. The minimum Gasteiger partial charge on any atom is -0.208 e. The van der Waals surface area contributed by atoms with Gasteiger partial charge in [0.2, 0.25) is 0 Å². The van der Waals surface area contributed by atoms with Crippen molar-refractivity contribution < 1.29 is 0 Å². The number of hydrogen-bond acceptors (Lipinski definition) is 4. The molecule has 0 bridgehead atoms. The van der Waals surface area contributed by atoms with Crippen LogP contribution in [0.5, 0.6) is 0 Å². The Hall–Kier alpha value is -8.31. The van der Waals surface area contributed by atoms with E-state index < -0.39 is 0 Å². The summed E-state index contributed by atoms with van der Waals surface area (Å²) in [4.78, 5) is 15.5. The van der Waals surface area contributed by atoms with Crippen molar-refractivity contribution in [2.24, 2.45) is 0 Å². The van der Waals surface area contributed by atoms with Crippen LogP contribution in [-0.2, 0) is 0 Å². The molecule has 0 aliphatic carbocycles. The smallest absolute Gasteiger partial charge is 0.165 e. The molecular formula is C61H37N3S. The summed E-state index contributed by atoms with van der Waals surface area (Å²) in [7, 11) is 0. The fraction of sp³-hybridized carbons (Fsp3) is 0. The first-order valence-electron chi connectivity index (χ1n) is 22.0. The Kier molecular flexibility index (Phi) is 8.71. The lowest BCUT2D eigenvalue weighted by Gasteiger charge is -2.18. The average molecular weight is 844 g/mol. The van der Waals surface area contributed by atoms with Crippen LogP contribution in [0.15, 0.2) is 224 Å². The molecule has 0 amide bonds. The van der Waals surface area contributed by atoms with Crippen molar-refractivity contribution in [1.82, 2.24) is 15.0 Å². The van der Waals surface area contributed by atoms with Crippen LogP contribution in [0.1, 0.15) is 0 Å². The monoisotopic (exact) mass is 843 g/mol. The molecule has 3 nitrogen and oxygen atoms in total. The summed E-state index contributed by atoms with van der Waals surface area (Å²) in [5.74, 6) is 1.95. The molecule has 302 valence electrons. The van der Waals surface area contributed by atoms with Crippen LogP contribution in [0.4, 0.5) is 0 Å². The van der Waals surface area contributed by atoms with Crippen molar-refractivity contribution in [2.45, 2.75) is 0 Å². The minimum atomic E-state index is 0.647. The summed E-state index contributed by atoms with van der Waals surface area (Å²) in [6, 6.07) is 80.5. The van der Waals surface area contributed by atoms with E-state index in [1.807, 2.05) is 47.7 Å². The van der Waals surface area contributed by atoms with Crippen LogP contribution in [-0.4, -0.2) is 15.0 Å². The number of rotatable bonds is 6. The zero-order valence-electron chi connectivity index (χ0n) is 35.1. The third-order valence-electron chi connectivity index (χ3n) is 12.9. The molecule has 0 aliphatic rings. The van der Waals surface area contributed by atoms with Gasteiger partial charge in [-0.05, 0) is 83.0 Å². The van der Waals surface area contributed by atoms with E-state index in [9.17, 15) is 0 Å². The first-order chi connectivity index (χ1) is 32.3. The predicted octanol–water partition coefficient (Wildman–Crippen LogP) is 16.9. The molecule has 2 aromatic heterocycles. The van der Waals surface area contributed by atoms with Gasteiger partial charge in [0.15, 0.2) is 17.5 Å². The highest BCUT2D eigenvalue weighted by atomic mass is 32.1. The third-order valence-corrected chi connectivity index (χ3v) is 14.1. The van der Waals surface area contributed by atoms with Crippen molar-refractivity contribution in [3.05, 3.63) is 224 Å². The van der Waals surface area contributed by atoms with Gasteiger partial charge >= 0.3 is 0 Å². The number of aromatic nitrogens is 3. The first kappa shape index (κ1) is 37.3. The number of nitrogens with zero attached hydrogens (tertiary/aromatic N) is 3. The average Bonchev–Trinajstić information content (AvgIpc) is 3.76. The lowest BCUT2D eigenvalue weighted by Crippen LogP contribution is -2.01. The zero-order chi connectivity index (χ0) is 42.8. The maximum absolute atomic E-state index is 5.25. The van der Waals surface area contributed by atoms with Crippen molar-refractivity contribution in [2.75, 3.05) is 0 Å². The fourth-order valence-electron chi connectivity index (χ4n) is 10.1. The van der Waals surface area contributed by atoms with Gasteiger partial charge < -0.3 is 0 Å². The molecule has 65 heavy (non-hydrogen) atoms. The van der Waals surface area contributed by atoms with Gasteiger partial charge in [0, 0.05) is 42.4 Å². The van der Waals surface area contributed by atoms with Crippen molar-refractivity contribution in [3.8, 4) is 67.5 Å². The summed E-state index contributed by atoms with van der Waals surface area (Å²) in [6.45, 7) is 0. The molecule has 11 aromatic carbocycles. The summed E-state index contributed by atoms with van der Waals surface area (Å²) in [6.07, 6.45) is 0. The molecule has 0 atom stereocenters. The highest BCUT2D eigenvalue weighted by Gasteiger charge is 2.23. The summed E-state index contributed by atoms with van der Waals surface area (Å²) in [5, 5.41) is 12.1. The van der Waals surface area contributed by atoms with E-state index >= 15 is 0 Å². The number of benzene rings is 11. The maximum atomic E-state index is 5.25. The molecule has 0 unspecified atom stereocenters. The van der Waals surface area contributed by atoms with E-state index in [-0.39, 0.29) is 0 Å². The minimum absolute atomic E-state index is 0.647. The van der Waals surface area contributed by atoms with Gasteiger partial charge in [-0.2, -0.15) is 0 Å². The van der Waals surface area contributed by atoms with Gasteiger partial charge in [0.1, 0.15) is 0 Å². The van der Waals surface area contributed by atoms with E-state index in [0.29, 0.717) is 17.5 Å². The second kappa shape index (κ2) is 15.2. The summed E-state index contributed by atoms with van der Waals surface area (Å²) < 4.78 is 2.54. The van der Waals surface area contributed by atoms with Crippen molar-refractivity contribution in [3.63, 3.8) is 0 Å². The number of thiophene rings is 1. The predicted molar refractivity (Wildman–Crippen MR) is 275 cm³/mol. The van der Waals surface area contributed by atoms with Crippen molar-refractivity contribution in [1.29, 1.82) is 0 Å². The van der Waals surface area contributed by atoms with Gasteiger partial charge in [-0.3, -0.25) is 0 Å². The molecule has 0 N–H and O–H groups in total. The molecule has 4 heteroatoms. The second-order valence-electron chi connectivity index (χ2n) is 16.6. The van der Waals surface area contributed by atoms with Gasteiger partial charge in [0.05, 0.1) is 0 Å². The lowest BCUT2D eigenvalue weighted by molar-refractivity contribution is 1.08. The maximum Gasteiger partial charge on any atom is 0.165 e. The van der Waals surface area contributed by atoms with E-state index in [4.69, 9.17) is 15.0 Å². The molecule has 13 rings (SSSR count). The van der Waals surface area contributed by atoms with Crippen LogP contribution in [0, 0.1) is 0 Å². The van der Waals surface area contributed by atoms with E-state index in [1.165, 1.54) is 75.1 Å². The quantitative estimate of drug-likeness (QED) is 0.157. The van der Waals surface area contributed by atoms with Gasteiger partial charge in [-0.25, -0.2) is 15.0 Å². The summed E-state index contributed by atoms with van der Waals surface area (Å²) in [5.41, 5.74) is 10.3. The lowest BCUT2D eigenvalue weighted by atomic mass is 9.85. The van der Waals surface area contributed by atoms with E-state index in [1.54, 1.807) is 0 Å². The highest BCUT2D eigenvalue weighted by molar-refractivity contribution is 7.26. The van der Waals surface area contributed by atoms with E-state index in [2.05, 4.69) is 188 Å². The van der Waals surface area contributed by atoms with Crippen molar-refractivity contribution >= 4 is 74.6 Å². The molecule has 0 radical (unpaired) electrons. The Bertz CT molecular complexity index is 3820. The SMILES string of the molecule is c1ccc(-c2nc(-c3ccccc3)nc(-c3c4ccccc4c(-c4cccc5c4sc4ccc(-c6c7ccccc7c(-c7ccccc7)c7ccccc67)cc45)c4ccccc34)n2)cc1. The van der Waals surface area contributed by atoms with E-state index in [0.717, 1.165) is 38.2 Å². The third kappa shape index (κ3) is 6.07. The molecular weight excluding hydrogens is 807 g/mol. The molecule has 0 saturated carbocycles. The van der Waals surface area contributed by atoms with Crippen LogP contribution < -0.4 is 0 Å². The van der Waals surface area contributed by atoms with Crippen LogP contribution >= 0.6 is 11.3 Å². The Labute approximate surface area is 379 Å². The number of fused-ring (bicyclic) bond motifs is 7. The Morgan fingerprint density at radius 3 is 1.12 bits per heavy atom. The van der Waals surface area contributed by atoms with Gasteiger partial charge in [-0.15, -0.1) is 11.3 Å².